The molecule has 0 spiro atoms. The van der Waals surface area contributed by atoms with Crippen LogP contribution in [-0.4, -0.2) is 35.6 Å². The zero-order valence-corrected chi connectivity index (χ0v) is 9.10. The Bertz CT molecular complexity index is 372. The minimum atomic E-state index is -0.714. The molecule has 0 unspecified atom stereocenters. The molecule has 2 rings (SSSR count). The summed E-state index contributed by atoms with van der Waals surface area (Å²) in [5, 5.41) is 9.16. The van der Waals surface area contributed by atoms with Crippen molar-refractivity contribution in [3.63, 3.8) is 0 Å². The van der Waals surface area contributed by atoms with E-state index < -0.39 is 11.3 Å². The van der Waals surface area contributed by atoms with Gasteiger partial charge in [-0.1, -0.05) is 30.3 Å². The third kappa shape index (κ3) is 1.94. The van der Waals surface area contributed by atoms with Gasteiger partial charge in [0.05, 0.1) is 12.0 Å². The minimum absolute atomic E-state index is 0.159. The van der Waals surface area contributed by atoms with E-state index in [9.17, 15) is 4.79 Å². The van der Waals surface area contributed by atoms with Crippen molar-refractivity contribution in [3.8, 4) is 0 Å². The van der Waals surface area contributed by atoms with Crippen molar-refractivity contribution in [1.82, 2.24) is 4.90 Å². The van der Waals surface area contributed by atoms with E-state index in [1.807, 2.05) is 30.3 Å². The molecular weight excluding hydrogens is 204 g/mol. The van der Waals surface area contributed by atoms with Gasteiger partial charge >= 0.3 is 0 Å². The van der Waals surface area contributed by atoms with Gasteiger partial charge in [-0.25, -0.2) is 0 Å². The van der Waals surface area contributed by atoms with Crippen molar-refractivity contribution in [3.05, 3.63) is 35.9 Å². The molecule has 4 nitrogen and oxygen atoms in total. The van der Waals surface area contributed by atoms with E-state index in [1.54, 1.807) is 0 Å². The Kier molecular flexibility index (Phi) is 2.94. The Balaban J connectivity index is 1.91. The van der Waals surface area contributed by atoms with Gasteiger partial charge in [0, 0.05) is 19.6 Å². The summed E-state index contributed by atoms with van der Waals surface area (Å²) in [5.41, 5.74) is 5.77. The quantitative estimate of drug-likeness (QED) is 0.748. The number of amides is 1. The Hall–Kier alpha value is -1.39. The van der Waals surface area contributed by atoms with Crippen LogP contribution in [0, 0.1) is 5.41 Å². The molecule has 1 aromatic rings. The van der Waals surface area contributed by atoms with Crippen LogP contribution < -0.4 is 5.73 Å². The summed E-state index contributed by atoms with van der Waals surface area (Å²) in [6.45, 7) is 1.74. The summed E-state index contributed by atoms with van der Waals surface area (Å²) in [4.78, 5) is 13.3. The maximum Gasteiger partial charge on any atom is 0.228 e. The summed E-state index contributed by atoms with van der Waals surface area (Å²) in [6, 6.07) is 10.0. The van der Waals surface area contributed by atoms with Crippen molar-refractivity contribution in [2.45, 2.75) is 6.54 Å². The zero-order valence-electron chi connectivity index (χ0n) is 9.10. The number of nitrogens with zero attached hydrogens (tertiary/aromatic N) is 1. The van der Waals surface area contributed by atoms with Gasteiger partial charge in [0.25, 0.3) is 0 Å². The minimum Gasteiger partial charge on any atom is -0.395 e. The molecule has 0 bridgehead atoms. The van der Waals surface area contributed by atoms with Gasteiger partial charge in [0.1, 0.15) is 0 Å². The Morgan fingerprint density at radius 2 is 2.00 bits per heavy atom. The predicted octanol–water partition coefficient (Wildman–Crippen LogP) is -0.0338. The lowest BCUT2D eigenvalue weighted by molar-refractivity contribution is -0.143. The van der Waals surface area contributed by atoms with Crippen LogP contribution in [0.4, 0.5) is 0 Å². The second-order valence-electron chi connectivity index (χ2n) is 4.43. The maximum atomic E-state index is 11.2. The van der Waals surface area contributed by atoms with Gasteiger partial charge in [0.2, 0.25) is 5.91 Å². The second-order valence-corrected chi connectivity index (χ2v) is 4.43. The molecule has 1 saturated heterocycles. The summed E-state index contributed by atoms with van der Waals surface area (Å²) in [7, 11) is 0. The first kappa shape index (κ1) is 11.1. The third-order valence-corrected chi connectivity index (χ3v) is 3.13. The molecule has 1 aromatic carbocycles. The van der Waals surface area contributed by atoms with E-state index >= 15 is 0 Å². The normalized spacial score (nSPS) is 19.1. The summed E-state index contributed by atoms with van der Waals surface area (Å²) >= 11 is 0. The van der Waals surface area contributed by atoms with E-state index in [-0.39, 0.29) is 6.61 Å². The van der Waals surface area contributed by atoms with Crippen LogP contribution in [0.5, 0.6) is 0 Å². The van der Waals surface area contributed by atoms with Gasteiger partial charge in [-0.05, 0) is 5.56 Å². The molecule has 16 heavy (non-hydrogen) atoms. The number of carbonyl (C=O) groups excluding carboxylic acids is 1. The Morgan fingerprint density at radius 3 is 2.50 bits per heavy atom. The zero-order chi connectivity index (χ0) is 11.6. The van der Waals surface area contributed by atoms with Gasteiger partial charge in [-0.3, -0.25) is 9.69 Å². The molecule has 0 saturated carbocycles. The number of hydrogen-bond acceptors (Lipinski definition) is 3. The monoisotopic (exact) mass is 220 g/mol. The topological polar surface area (TPSA) is 66.6 Å². The highest BCUT2D eigenvalue weighted by Gasteiger charge is 2.47. The summed E-state index contributed by atoms with van der Waals surface area (Å²) in [5.74, 6) is -0.403. The van der Waals surface area contributed by atoms with Gasteiger partial charge in [0.15, 0.2) is 0 Å². The Labute approximate surface area is 94.7 Å². The number of benzene rings is 1. The van der Waals surface area contributed by atoms with Crippen molar-refractivity contribution in [2.24, 2.45) is 11.1 Å². The van der Waals surface area contributed by atoms with Crippen molar-refractivity contribution in [2.75, 3.05) is 19.7 Å². The van der Waals surface area contributed by atoms with E-state index in [2.05, 4.69) is 4.90 Å². The van der Waals surface area contributed by atoms with Gasteiger partial charge in [-0.15, -0.1) is 0 Å². The highest BCUT2D eigenvalue weighted by Crippen LogP contribution is 2.30. The molecule has 0 radical (unpaired) electrons. The molecule has 4 heteroatoms. The fourth-order valence-corrected chi connectivity index (χ4v) is 2.10. The van der Waals surface area contributed by atoms with Crippen LogP contribution in [0.1, 0.15) is 5.56 Å². The highest BCUT2D eigenvalue weighted by molar-refractivity contribution is 5.82. The molecule has 86 valence electrons. The van der Waals surface area contributed by atoms with Crippen LogP contribution in [0.2, 0.25) is 0 Å². The fourth-order valence-electron chi connectivity index (χ4n) is 2.10. The number of aliphatic hydroxyl groups excluding tert-OH is 1. The molecule has 0 aliphatic carbocycles. The first-order valence-electron chi connectivity index (χ1n) is 5.33. The maximum absolute atomic E-state index is 11.2. The smallest absolute Gasteiger partial charge is 0.228 e. The first-order valence-corrected chi connectivity index (χ1v) is 5.33. The van der Waals surface area contributed by atoms with Gasteiger partial charge < -0.3 is 10.8 Å². The number of rotatable bonds is 4. The lowest BCUT2D eigenvalue weighted by Crippen LogP contribution is -2.63. The molecule has 0 atom stereocenters. The van der Waals surface area contributed by atoms with E-state index in [1.165, 1.54) is 5.56 Å². The molecular formula is C12H16N2O2. The Morgan fingerprint density at radius 1 is 1.38 bits per heavy atom. The van der Waals surface area contributed by atoms with Crippen LogP contribution >= 0.6 is 0 Å². The van der Waals surface area contributed by atoms with Crippen LogP contribution in [0.3, 0.4) is 0 Å². The molecule has 1 fully saturated rings. The lowest BCUT2D eigenvalue weighted by Gasteiger charge is -2.47. The van der Waals surface area contributed by atoms with E-state index in [0.717, 1.165) is 6.54 Å². The predicted molar refractivity (Wildman–Crippen MR) is 60.4 cm³/mol. The summed E-state index contributed by atoms with van der Waals surface area (Å²) < 4.78 is 0. The average Bonchev–Trinajstić information content (AvgIpc) is 2.24. The second kappa shape index (κ2) is 4.23. The van der Waals surface area contributed by atoms with Crippen LogP contribution in [0.25, 0.3) is 0 Å². The lowest BCUT2D eigenvalue weighted by atomic mass is 9.79. The SMILES string of the molecule is NC(=O)C1(CO)CN(Cc2ccccc2)C1. The molecule has 1 heterocycles. The molecule has 1 aliphatic rings. The van der Waals surface area contributed by atoms with E-state index in [0.29, 0.717) is 13.1 Å². The molecule has 0 aromatic heterocycles. The van der Waals surface area contributed by atoms with Crippen LogP contribution in [0.15, 0.2) is 30.3 Å². The number of likely N-dealkylation sites (tertiary alicyclic amines) is 1. The fraction of sp³-hybridized carbons (Fsp3) is 0.417. The molecule has 3 N–H and O–H groups in total. The van der Waals surface area contributed by atoms with Crippen LogP contribution in [-0.2, 0) is 11.3 Å². The third-order valence-electron chi connectivity index (χ3n) is 3.13. The van der Waals surface area contributed by atoms with Gasteiger partial charge in [-0.2, -0.15) is 0 Å². The number of nitrogens with two attached hydrogens (primary N) is 1. The van der Waals surface area contributed by atoms with E-state index in [4.69, 9.17) is 10.8 Å². The number of hydrogen-bond donors (Lipinski definition) is 2. The number of primary amides is 1. The van der Waals surface area contributed by atoms with Crippen molar-refractivity contribution >= 4 is 5.91 Å². The standard InChI is InChI=1S/C12H16N2O2/c13-11(16)12(9-15)7-14(8-12)6-10-4-2-1-3-5-10/h1-5,15H,6-9H2,(H2,13,16). The largest absolute Gasteiger partial charge is 0.395 e. The highest BCUT2D eigenvalue weighted by atomic mass is 16.3. The van der Waals surface area contributed by atoms with Crippen molar-refractivity contribution < 1.29 is 9.90 Å². The average molecular weight is 220 g/mol. The molecule has 1 amide bonds. The molecule has 1 aliphatic heterocycles. The number of aliphatic hydroxyl groups is 1. The summed E-state index contributed by atoms with van der Waals surface area (Å²) in [6.07, 6.45) is 0. The van der Waals surface area contributed by atoms with Crippen molar-refractivity contribution in [1.29, 1.82) is 0 Å². The first-order chi connectivity index (χ1) is 7.66. The number of carbonyl (C=O) groups is 1.